The highest BCUT2D eigenvalue weighted by molar-refractivity contribution is 6.31. The topological polar surface area (TPSA) is 311 Å². The first-order chi connectivity index (χ1) is 16.6. The van der Waals surface area contributed by atoms with Crippen LogP contribution >= 0.6 is 0 Å². The van der Waals surface area contributed by atoms with Crippen molar-refractivity contribution in [1.82, 2.24) is 0 Å². The molecule has 0 amide bonds. The third-order valence-corrected chi connectivity index (χ3v) is 3.83. The zero-order valence-electron chi connectivity index (χ0n) is 16.5. The first-order valence-corrected chi connectivity index (χ1v) is 8.32. The predicted octanol–water partition coefficient (Wildman–Crippen LogP) is 1.65. The summed E-state index contributed by atoms with van der Waals surface area (Å²) in [7, 11) is 0. The number of carbonyl (C=O) groups excluding carboxylic acids is 2. The molecule has 2 aromatic rings. The molecule has 0 aliphatic rings. The number of carbonyl (C=O) groups is 2. The van der Waals surface area contributed by atoms with Crippen LogP contribution in [0.2, 0.25) is 0 Å². The average molecular weight is 512 g/mol. The molecule has 0 spiro atoms. The zero-order valence-corrected chi connectivity index (χ0v) is 16.5. The van der Waals surface area contributed by atoms with E-state index >= 15 is 0 Å². The Bertz CT molecular complexity index is 1220. The van der Waals surface area contributed by atoms with E-state index < -0.39 is 87.1 Å². The van der Waals surface area contributed by atoms with Gasteiger partial charge >= 0.3 is 34.7 Å². The van der Waals surface area contributed by atoms with Crippen molar-refractivity contribution in [3.05, 3.63) is 85.0 Å². The SMILES string of the molecule is O=C(Oc1c([N+](=O)[O-])cc([N+](=O)[O-])cc1[N+](=O)[O-])C(=O)Oc1c([N+](=O)[O-])cc([N+](=O)[O-])cc1[N+](=O)[O-]. The summed E-state index contributed by atoms with van der Waals surface area (Å²) in [6.07, 6.45) is 0. The van der Waals surface area contributed by atoms with Crippen LogP contribution in [0.3, 0.4) is 0 Å². The quantitative estimate of drug-likeness (QED) is 0.159. The Balaban J connectivity index is 2.57. The van der Waals surface area contributed by atoms with Gasteiger partial charge in [-0.05, 0) is 0 Å². The van der Waals surface area contributed by atoms with Crippen LogP contribution in [-0.4, -0.2) is 41.5 Å². The predicted molar refractivity (Wildman–Crippen MR) is 104 cm³/mol. The number of esters is 2. The number of hydrogen-bond donors (Lipinski definition) is 0. The summed E-state index contributed by atoms with van der Waals surface area (Å²) in [5.41, 5.74) is -8.44. The fraction of sp³-hybridized carbons (Fsp3) is 0. The Hall–Kier alpha value is -6.22. The molecule has 0 fully saturated rings. The van der Waals surface area contributed by atoms with Crippen molar-refractivity contribution in [3.63, 3.8) is 0 Å². The maximum absolute atomic E-state index is 12.1. The van der Waals surface area contributed by atoms with E-state index in [0.717, 1.165) is 0 Å². The van der Waals surface area contributed by atoms with Gasteiger partial charge in [-0.1, -0.05) is 0 Å². The lowest BCUT2D eigenvalue weighted by Gasteiger charge is -2.07. The van der Waals surface area contributed by atoms with E-state index in [0.29, 0.717) is 0 Å². The molecular formula is C14H4N6O16. The van der Waals surface area contributed by atoms with Gasteiger partial charge in [0.15, 0.2) is 0 Å². The Morgan fingerprint density at radius 2 is 0.694 bits per heavy atom. The van der Waals surface area contributed by atoms with E-state index in [1.165, 1.54) is 0 Å². The molecule has 0 radical (unpaired) electrons. The maximum Gasteiger partial charge on any atom is 0.423 e. The van der Waals surface area contributed by atoms with Crippen LogP contribution in [0.1, 0.15) is 0 Å². The van der Waals surface area contributed by atoms with Gasteiger partial charge in [0, 0.05) is 0 Å². The maximum atomic E-state index is 12.1. The molecule has 2 aromatic carbocycles. The summed E-state index contributed by atoms with van der Waals surface area (Å²) in [5.74, 6) is -7.86. The minimum absolute atomic E-state index is 0.146. The number of ether oxygens (including phenoxy) is 2. The van der Waals surface area contributed by atoms with Gasteiger partial charge < -0.3 is 9.47 Å². The fourth-order valence-electron chi connectivity index (χ4n) is 2.40. The summed E-state index contributed by atoms with van der Waals surface area (Å²) < 4.78 is 8.53. The molecule has 0 unspecified atom stereocenters. The first kappa shape index (κ1) is 26.0. The highest BCUT2D eigenvalue weighted by Crippen LogP contribution is 2.42. The van der Waals surface area contributed by atoms with Crippen LogP contribution in [-0.2, 0) is 9.59 Å². The highest BCUT2D eigenvalue weighted by Gasteiger charge is 2.38. The van der Waals surface area contributed by atoms with Crippen molar-refractivity contribution in [2.45, 2.75) is 0 Å². The number of rotatable bonds is 8. The van der Waals surface area contributed by atoms with Gasteiger partial charge in [-0.25, -0.2) is 9.59 Å². The number of nitrogens with zero attached hydrogens (tertiary/aromatic N) is 6. The Kier molecular flexibility index (Phi) is 7.04. The Labute approximate surface area is 192 Å². The number of nitro benzene ring substituents is 6. The van der Waals surface area contributed by atoms with E-state index in [1.54, 1.807) is 0 Å². The van der Waals surface area contributed by atoms with Gasteiger partial charge in [-0.3, -0.25) is 60.7 Å². The smallest absolute Gasteiger partial charge is 0.403 e. The number of benzene rings is 2. The van der Waals surface area contributed by atoms with Gasteiger partial charge in [0.05, 0.1) is 53.8 Å². The minimum Gasteiger partial charge on any atom is -0.403 e. The van der Waals surface area contributed by atoms with Crippen LogP contribution in [0.25, 0.3) is 0 Å². The van der Waals surface area contributed by atoms with Crippen molar-refractivity contribution in [1.29, 1.82) is 0 Å². The molecule has 36 heavy (non-hydrogen) atoms. The van der Waals surface area contributed by atoms with Crippen LogP contribution < -0.4 is 9.47 Å². The molecule has 0 N–H and O–H groups in total. The molecule has 22 heteroatoms. The molecule has 22 nitrogen and oxygen atoms in total. The summed E-state index contributed by atoms with van der Waals surface area (Å²) in [6, 6.07) is 0.583. The van der Waals surface area contributed by atoms with E-state index in [9.17, 15) is 70.3 Å². The number of hydrogen-bond acceptors (Lipinski definition) is 16. The average Bonchev–Trinajstić information content (AvgIpc) is 2.77. The van der Waals surface area contributed by atoms with Crippen molar-refractivity contribution in [3.8, 4) is 11.5 Å². The second-order valence-electron chi connectivity index (χ2n) is 5.95. The fourth-order valence-corrected chi connectivity index (χ4v) is 2.40. The molecule has 0 saturated heterocycles. The molecule has 0 aliphatic heterocycles. The summed E-state index contributed by atoms with van der Waals surface area (Å²) in [5, 5.41) is 66.5. The second kappa shape index (κ2) is 9.73. The lowest BCUT2D eigenvalue weighted by Crippen LogP contribution is -2.26. The third-order valence-electron chi connectivity index (χ3n) is 3.83. The van der Waals surface area contributed by atoms with Crippen molar-refractivity contribution >= 4 is 46.1 Å². The molecular weight excluding hydrogens is 508 g/mol. The first-order valence-electron chi connectivity index (χ1n) is 8.32. The zero-order chi connectivity index (χ0) is 27.5. The summed E-state index contributed by atoms with van der Waals surface area (Å²) in [4.78, 5) is 82.4. The van der Waals surface area contributed by atoms with Crippen molar-refractivity contribution in [2.75, 3.05) is 0 Å². The van der Waals surface area contributed by atoms with E-state index in [2.05, 4.69) is 9.47 Å². The number of nitro groups is 6. The second-order valence-corrected chi connectivity index (χ2v) is 5.95. The van der Waals surface area contributed by atoms with Gasteiger partial charge in [-0.15, -0.1) is 0 Å². The molecule has 0 aromatic heterocycles. The van der Waals surface area contributed by atoms with Crippen molar-refractivity contribution < 1.29 is 48.6 Å². The van der Waals surface area contributed by atoms with E-state index in [-0.39, 0.29) is 24.3 Å². The van der Waals surface area contributed by atoms with Crippen LogP contribution in [0.15, 0.2) is 24.3 Å². The normalized spacial score (nSPS) is 10.1. The summed E-state index contributed by atoms with van der Waals surface area (Å²) >= 11 is 0. The monoisotopic (exact) mass is 512 g/mol. The van der Waals surface area contributed by atoms with Gasteiger partial charge in [-0.2, -0.15) is 0 Å². The molecule has 2 rings (SSSR count). The Morgan fingerprint density at radius 3 is 0.861 bits per heavy atom. The van der Waals surface area contributed by atoms with Gasteiger partial charge in [0.2, 0.25) is 0 Å². The highest BCUT2D eigenvalue weighted by atomic mass is 16.7. The van der Waals surface area contributed by atoms with Crippen LogP contribution in [0, 0.1) is 60.7 Å². The van der Waals surface area contributed by atoms with Crippen molar-refractivity contribution in [2.24, 2.45) is 0 Å². The van der Waals surface area contributed by atoms with Gasteiger partial charge in [0.1, 0.15) is 0 Å². The summed E-state index contributed by atoms with van der Waals surface area (Å²) in [6.45, 7) is 0. The molecule has 0 aliphatic carbocycles. The standard InChI is InChI=1S/C14H4N6O16/c21-13(35-11-7(17(27)28)1-5(15(23)24)2-8(11)18(29)30)14(22)36-12-9(19(31)32)3-6(16(25)26)4-10(12)20(33)34/h1-4H. The van der Waals surface area contributed by atoms with Crippen LogP contribution in [0.5, 0.6) is 11.5 Å². The van der Waals surface area contributed by atoms with E-state index in [4.69, 9.17) is 0 Å². The molecule has 0 heterocycles. The molecule has 0 atom stereocenters. The Morgan fingerprint density at radius 1 is 0.472 bits per heavy atom. The van der Waals surface area contributed by atoms with Gasteiger partial charge in [0.25, 0.3) is 22.9 Å². The molecule has 0 saturated carbocycles. The third kappa shape index (κ3) is 5.22. The van der Waals surface area contributed by atoms with E-state index in [1.807, 2.05) is 0 Å². The molecule has 186 valence electrons. The molecule has 0 bridgehead atoms. The lowest BCUT2D eigenvalue weighted by atomic mass is 10.2. The lowest BCUT2D eigenvalue weighted by molar-refractivity contribution is -0.404. The largest absolute Gasteiger partial charge is 0.423 e. The number of non-ortho nitro benzene ring substituents is 2. The van der Waals surface area contributed by atoms with Crippen LogP contribution in [0.4, 0.5) is 34.1 Å². The minimum atomic E-state index is -2.35.